The highest BCUT2D eigenvalue weighted by molar-refractivity contribution is 6.30. The molecule has 0 spiro atoms. The fourth-order valence-corrected chi connectivity index (χ4v) is 4.19. The van der Waals surface area contributed by atoms with Crippen molar-refractivity contribution >= 4 is 34.9 Å². The van der Waals surface area contributed by atoms with Gasteiger partial charge in [0.15, 0.2) is 19.0 Å². The number of ether oxygens (including phenoxy) is 2. The number of ketones is 1. The van der Waals surface area contributed by atoms with Crippen molar-refractivity contribution in [2.45, 2.75) is 12.8 Å². The molecule has 9 heteroatoms. The van der Waals surface area contributed by atoms with Gasteiger partial charge in [0, 0.05) is 49.7 Å². The summed E-state index contributed by atoms with van der Waals surface area (Å²) in [5.74, 6) is 0.725. The van der Waals surface area contributed by atoms with Crippen molar-refractivity contribution in [2.75, 3.05) is 57.9 Å². The quantitative estimate of drug-likeness (QED) is 0.535. The molecule has 1 saturated heterocycles. The van der Waals surface area contributed by atoms with Crippen LogP contribution in [0.4, 0.5) is 5.69 Å². The number of benzene rings is 2. The van der Waals surface area contributed by atoms with Crippen LogP contribution in [0.1, 0.15) is 23.2 Å². The smallest absolute Gasteiger partial charge is 0.265 e. The Hall–Kier alpha value is -3.10. The number of likely N-dealkylation sites (N-methyl/N-ethyl adjacent to an activating group) is 1. The van der Waals surface area contributed by atoms with Gasteiger partial charge in [-0.3, -0.25) is 14.4 Å². The van der Waals surface area contributed by atoms with Crippen LogP contribution in [0, 0.1) is 0 Å². The van der Waals surface area contributed by atoms with Gasteiger partial charge in [-0.05, 0) is 49.9 Å². The number of halogens is 1. The topological polar surface area (TPSA) is 79.4 Å². The van der Waals surface area contributed by atoms with Crippen molar-refractivity contribution in [3.05, 3.63) is 53.1 Å². The molecule has 180 valence electrons. The molecule has 0 aliphatic carbocycles. The van der Waals surface area contributed by atoms with Crippen molar-refractivity contribution in [2.24, 2.45) is 0 Å². The highest BCUT2D eigenvalue weighted by Crippen LogP contribution is 2.33. The third-order valence-electron chi connectivity index (χ3n) is 6.02. The van der Waals surface area contributed by atoms with Crippen LogP contribution in [0.25, 0.3) is 0 Å². The van der Waals surface area contributed by atoms with Gasteiger partial charge in [0.05, 0.1) is 5.69 Å². The maximum absolute atomic E-state index is 12.7. The average molecular weight is 486 g/mol. The summed E-state index contributed by atoms with van der Waals surface area (Å²) >= 11 is 5.96. The predicted octanol–water partition coefficient (Wildman–Crippen LogP) is 2.88. The Labute approximate surface area is 204 Å². The molecule has 4 rings (SSSR count). The van der Waals surface area contributed by atoms with Gasteiger partial charge >= 0.3 is 0 Å². The maximum Gasteiger partial charge on any atom is 0.265 e. The second-order valence-electron chi connectivity index (χ2n) is 8.47. The Morgan fingerprint density at radius 1 is 1.09 bits per heavy atom. The Morgan fingerprint density at radius 3 is 2.65 bits per heavy atom. The SMILES string of the molecule is CN1CCN(C(=O)CCCN2C(=O)COc3ccc(C(=O)COc4cccc(Cl)c4)cc32)CC1. The lowest BCUT2D eigenvalue weighted by Crippen LogP contribution is -2.47. The molecule has 2 amide bonds. The van der Waals surface area contributed by atoms with E-state index in [4.69, 9.17) is 21.1 Å². The lowest BCUT2D eigenvalue weighted by molar-refractivity contribution is -0.133. The third kappa shape index (κ3) is 5.87. The first kappa shape index (κ1) is 24.0. The molecule has 2 aromatic carbocycles. The number of hydrogen-bond acceptors (Lipinski definition) is 6. The summed E-state index contributed by atoms with van der Waals surface area (Å²) in [5.41, 5.74) is 0.953. The van der Waals surface area contributed by atoms with Crippen molar-refractivity contribution in [1.29, 1.82) is 0 Å². The van der Waals surface area contributed by atoms with E-state index in [1.807, 2.05) is 11.9 Å². The van der Waals surface area contributed by atoms with Crippen LogP contribution in [0.5, 0.6) is 11.5 Å². The molecule has 0 atom stereocenters. The van der Waals surface area contributed by atoms with Gasteiger partial charge in [0.25, 0.3) is 5.91 Å². The van der Waals surface area contributed by atoms with Gasteiger partial charge in [-0.1, -0.05) is 17.7 Å². The summed E-state index contributed by atoms with van der Waals surface area (Å²) in [7, 11) is 2.05. The molecular formula is C25H28ClN3O5. The summed E-state index contributed by atoms with van der Waals surface area (Å²) in [4.78, 5) is 43.5. The molecule has 2 aliphatic rings. The number of carbonyl (C=O) groups excluding carboxylic acids is 3. The molecule has 34 heavy (non-hydrogen) atoms. The van der Waals surface area contributed by atoms with Crippen LogP contribution in [0.2, 0.25) is 5.02 Å². The summed E-state index contributed by atoms with van der Waals surface area (Å²) < 4.78 is 11.1. The highest BCUT2D eigenvalue weighted by Gasteiger charge is 2.27. The Balaban J connectivity index is 1.37. The average Bonchev–Trinajstić information content (AvgIpc) is 2.84. The van der Waals surface area contributed by atoms with Crippen LogP contribution >= 0.6 is 11.6 Å². The molecule has 0 N–H and O–H groups in total. The van der Waals surface area contributed by atoms with Crippen molar-refractivity contribution in [1.82, 2.24) is 9.80 Å². The molecule has 2 aliphatic heterocycles. The predicted molar refractivity (Wildman–Crippen MR) is 129 cm³/mol. The van der Waals surface area contributed by atoms with Crippen LogP contribution in [0.3, 0.4) is 0 Å². The first-order valence-corrected chi connectivity index (χ1v) is 11.7. The Kier molecular flexibility index (Phi) is 7.70. The summed E-state index contributed by atoms with van der Waals surface area (Å²) in [6.07, 6.45) is 0.905. The normalized spacial score (nSPS) is 16.1. The van der Waals surface area contributed by atoms with Gasteiger partial charge in [0.1, 0.15) is 11.5 Å². The number of rotatable bonds is 8. The standard InChI is InChI=1S/C25H28ClN3O5/c1-27-10-12-28(13-11-27)24(31)6-3-9-29-21-14-18(7-8-23(21)34-17-25(29)32)22(30)16-33-20-5-2-4-19(26)15-20/h2,4-5,7-8,14-15H,3,6,9-13,16-17H2,1H3. The Morgan fingerprint density at radius 2 is 1.88 bits per heavy atom. The molecular weight excluding hydrogens is 458 g/mol. The van der Waals surface area contributed by atoms with Crippen molar-refractivity contribution in [3.8, 4) is 11.5 Å². The molecule has 0 radical (unpaired) electrons. The van der Waals surface area contributed by atoms with E-state index < -0.39 is 0 Å². The molecule has 8 nitrogen and oxygen atoms in total. The van der Waals surface area contributed by atoms with Gasteiger partial charge in [-0.2, -0.15) is 0 Å². The zero-order chi connectivity index (χ0) is 24.1. The van der Waals surface area contributed by atoms with Crippen LogP contribution in [0.15, 0.2) is 42.5 Å². The van der Waals surface area contributed by atoms with Gasteiger partial charge < -0.3 is 24.2 Å². The third-order valence-corrected chi connectivity index (χ3v) is 6.25. The number of anilines is 1. The van der Waals surface area contributed by atoms with E-state index >= 15 is 0 Å². The van der Waals surface area contributed by atoms with Gasteiger partial charge in [0.2, 0.25) is 5.91 Å². The van der Waals surface area contributed by atoms with Gasteiger partial charge in [-0.15, -0.1) is 0 Å². The molecule has 0 unspecified atom stereocenters. The fourth-order valence-electron chi connectivity index (χ4n) is 4.01. The second kappa shape index (κ2) is 10.9. The highest BCUT2D eigenvalue weighted by atomic mass is 35.5. The number of hydrogen-bond donors (Lipinski definition) is 0. The van der Waals surface area contributed by atoms with Gasteiger partial charge in [-0.25, -0.2) is 0 Å². The van der Waals surface area contributed by atoms with E-state index in [1.54, 1.807) is 47.4 Å². The number of piperazine rings is 1. The first-order valence-electron chi connectivity index (χ1n) is 11.4. The van der Waals surface area contributed by atoms with E-state index in [0.29, 0.717) is 47.2 Å². The van der Waals surface area contributed by atoms with E-state index in [-0.39, 0.29) is 30.8 Å². The summed E-state index contributed by atoms with van der Waals surface area (Å²) in [5, 5.41) is 0.524. The zero-order valence-electron chi connectivity index (χ0n) is 19.2. The molecule has 2 heterocycles. The van der Waals surface area contributed by atoms with Crippen molar-refractivity contribution < 1.29 is 23.9 Å². The molecule has 2 aromatic rings. The largest absolute Gasteiger partial charge is 0.485 e. The molecule has 0 saturated carbocycles. The molecule has 0 bridgehead atoms. The second-order valence-corrected chi connectivity index (χ2v) is 8.91. The van der Waals surface area contributed by atoms with E-state index in [2.05, 4.69) is 4.90 Å². The molecule has 1 fully saturated rings. The van der Waals surface area contributed by atoms with Crippen LogP contribution in [-0.4, -0.2) is 80.4 Å². The van der Waals surface area contributed by atoms with E-state index in [0.717, 1.165) is 26.2 Å². The zero-order valence-corrected chi connectivity index (χ0v) is 19.9. The number of Topliss-reactive ketones (excluding diaryl/α,β-unsaturated/α-hetero) is 1. The van der Waals surface area contributed by atoms with Crippen molar-refractivity contribution in [3.63, 3.8) is 0 Å². The minimum absolute atomic E-state index is 0.0649. The Bertz CT molecular complexity index is 1070. The number of fused-ring (bicyclic) bond motifs is 1. The first-order chi connectivity index (χ1) is 16.4. The minimum Gasteiger partial charge on any atom is -0.485 e. The van der Waals surface area contributed by atoms with E-state index in [1.165, 1.54) is 0 Å². The fraction of sp³-hybridized carbons (Fsp3) is 0.400. The lowest BCUT2D eigenvalue weighted by atomic mass is 10.1. The number of carbonyl (C=O) groups is 3. The summed E-state index contributed by atoms with van der Waals surface area (Å²) in [6, 6.07) is 11.8. The number of amides is 2. The maximum atomic E-state index is 12.7. The van der Waals surface area contributed by atoms with E-state index in [9.17, 15) is 14.4 Å². The lowest BCUT2D eigenvalue weighted by Gasteiger charge is -2.33. The molecule has 0 aromatic heterocycles. The van der Waals surface area contributed by atoms with Crippen LogP contribution in [-0.2, 0) is 9.59 Å². The number of nitrogens with zero attached hydrogens (tertiary/aromatic N) is 3. The van der Waals surface area contributed by atoms with Crippen LogP contribution < -0.4 is 14.4 Å². The monoisotopic (exact) mass is 485 g/mol. The summed E-state index contributed by atoms with van der Waals surface area (Å²) in [6.45, 7) is 3.37. The minimum atomic E-state index is -0.231.